The Morgan fingerprint density at radius 1 is 1.29 bits per heavy atom. The highest BCUT2D eigenvalue weighted by atomic mass is 15.1. The fraction of sp³-hybridized carbons (Fsp3) is 0.400. The van der Waals surface area contributed by atoms with E-state index < -0.39 is 0 Å². The molecule has 0 aliphatic rings. The second-order valence-electron chi connectivity index (χ2n) is 4.36. The van der Waals surface area contributed by atoms with Crippen LogP contribution in [0, 0.1) is 0 Å². The number of imidazole rings is 1. The van der Waals surface area contributed by atoms with Crippen molar-refractivity contribution < 1.29 is 0 Å². The van der Waals surface area contributed by atoms with Gasteiger partial charge in [0.25, 0.3) is 0 Å². The third-order valence-corrected chi connectivity index (χ3v) is 2.19. The van der Waals surface area contributed by atoms with Crippen LogP contribution in [-0.2, 0) is 5.54 Å². The first-order valence-electron chi connectivity index (χ1n) is 4.58. The number of pyridine rings is 1. The lowest BCUT2D eigenvalue weighted by Crippen LogP contribution is -2.20. The summed E-state index contributed by atoms with van der Waals surface area (Å²) in [6.45, 7) is 6.33. The standard InChI is InChI=1S/C10H14N4/c1-10(2,3)14-6-13-8-7(11)4-5-12-9(8)14/h4-6H,1-3H3,(H2,11,12). The van der Waals surface area contributed by atoms with Gasteiger partial charge in [0.2, 0.25) is 0 Å². The number of hydrogen-bond donors (Lipinski definition) is 1. The van der Waals surface area contributed by atoms with Crippen molar-refractivity contribution >= 4 is 16.9 Å². The second-order valence-corrected chi connectivity index (χ2v) is 4.36. The number of anilines is 1. The molecule has 0 fully saturated rings. The monoisotopic (exact) mass is 190 g/mol. The zero-order valence-electron chi connectivity index (χ0n) is 8.65. The third-order valence-electron chi connectivity index (χ3n) is 2.19. The van der Waals surface area contributed by atoms with Crippen molar-refractivity contribution in [1.82, 2.24) is 14.5 Å². The lowest BCUT2D eigenvalue weighted by molar-refractivity contribution is 0.406. The van der Waals surface area contributed by atoms with Crippen LogP contribution in [0.25, 0.3) is 11.2 Å². The van der Waals surface area contributed by atoms with Crippen LogP contribution in [0.4, 0.5) is 5.69 Å². The Bertz CT molecular complexity index is 464. The van der Waals surface area contributed by atoms with Crippen molar-refractivity contribution in [3.05, 3.63) is 18.6 Å². The van der Waals surface area contributed by atoms with E-state index in [4.69, 9.17) is 5.73 Å². The summed E-state index contributed by atoms with van der Waals surface area (Å²) < 4.78 is 2.03. The van der Waals surface area contributed by atoms with Crippen LogP contribution < -0.4 is 5.73 Å². The molecule has 4 heteroatoms. The van der Waals surface area contributed by atoms with Gasteiger partial charge in [0, 0.05) is 11.7 Å². The maximum Gasteiger partial charge on any atom is 0.162 e. The lowest BCUT2D eigenvalue weighted by Gasteiger charge is -2.20. The van der Waals surface area contributed by atoms with Gasteiger partial charge in [-0.15, -0.1) is 0 Å². The molecule has 2 aromatic heterocycles. The molecule has 0 saturated carbocycles. The van der Waals surface area contributed by atoms with E-state index in [-0.39, 0.29) is 5.54 Å². The van der Waals surface area contributed by atoms with E-state index in [1.807, 2.05) is 4.57 Å². The van der Waals surface area contributed by atoms with E-state index in [1.54, 1.807) is 18.6 Å². The van der Waals surface area contributed by atoms with Crippen molar-refractivity contribution in [2.75, 3.05) is 5.73 Å². The zero-order chi connectivity index (χ0) is 10.3. The Labute approximate surface area is 82.8 Å². The molecule has 0 unspecified atom stereocenters. The molecule has 0 aliphatic carbocycles. The topological polar surface area (TPSA) is 56.7 Å². The second kappa shape index (κ2) is 2.70. The molecule has 0 bridgehead atoms. The van der Waals surface area contributed by atoms with E-state index in [2.05, 4.69) is 30.7 Å². The molecule has 0 saturated heterocycles. The largest absolute Gasteiger partial charge is 0.397 e. The molecule has 0 aromatic carbocycles. The molecule has 0 radical (unpaired) electrons. The molecule has 2 N–H and O–H groups in total. The van der Waals surface area contributed by atoms with Crippen LogP contribution in [0.3, 0.4) is 0 Å². The van der Waals surface area contributed by atoms with Gasteiger partial charge in [0.1, 0.15) is 5.52 Å². The van der Waals surface area contributed by atoms with Gasteiger partial charge in [0.05, 0.1) is 12.0 Å². The van der Waals surface area contributed by atoms with Crippen LogP contribution in [0.1, 0.15) is 20.8 Å². The highest BCUT2D eigenvalue weighted by Crippen LogP contribution is 2.22. The molecule has 0 amide bonds. The Kier molecular flexibility index (Phi) is 1.74. The van der Waals surface area contributed by atoms with Crippen LogP contribution in [0.15, 0.2) is 18.6 Å². The summed E-state index contributed by atoms with van der Waals surface area (Å²) >= 11 is 0. The average Bonchev–Trinajstić information content (AvgIpc) is 2.47. The minimum absolute atomic E-state index is 0.0183. The molecular weight excluding hydrogens is 176 g/mol. The van der Waals surface area contributed by atoms with E-state index >= 15 is 0 Å². The molecule has 0 spiro atoms. The van der Waals surface area contributed by atoms with Crippen molar-refractivity contribution in [3.63, 3.8) is 0 Å². The minimum Gasteiger partial charge on any atom is -0.397 e. The SMILES string of the molecule is CC(C)(C)n1cnc2c(N)ccnc21. The van der Waals surface area contributed by atoms with Crippen molar-refractivity contribution in [1.29, 1.82) is 0 Å². The summed E-state index contributed by atoms with van der Waals surface area (Å²) in [7, 11) is 0. The van der Waals surface area contributed by atoms with Gasteiger partial charge in [-0.3, -0.25) is 0 Å². The van der Waals surface area contributed by atoms with E-state index in [0.29, 0.717) is 5.69 Å². The van der Waals surface area contributed by atoms with Crippen LogP contribution >= 0.6 is 0 Å². The van der Waals surface area contributed by atoms with Crippen LogP contribution in [0.2, 0.25) is 0 Å². The quantitative estimate of drug-likeness (QED) is 0.688. The Balaban J connectivity index is 2.76. The minimum atomic E-state index is -0.0183. The summed E-state index contributed by atoms with van der Waals surface area (Å²) in [5.41, 5.74) is 8.08. The molecule has 14 heavy (non-hydrogen) atoms. The Morgan fingerprint density at radius 2 is 2.00 bits per heavy atom. The number of nitrogens with zero attached hydrogens (tertiary/aromatic N) is 3. The third kappa shape index (κ3) is 1.23. The molecule has 0 aliphatic heterocycles. The summed E-state index contributed by atoms with van der Waals surface area (Å²) in [5, 5.41) is 0. The smallest absolute Gasteiger partial charge is 0.162 e. The molecule has 2 rings (SSSR count). The molecule has 0 atom stereocenters. The summed E-state index contributed by atoms with van der Waals surface area (Å²) in [6.07, 6.45) is 3.50. The van der Waals surface area contributed by atoms with Gasteiger partial charge in [-0.25, -0.2) is 9.97 Å². The number of nitrogens with two attached hydrogens (primary N) is 1. The first-order valence-corrected chi connectivity index (χ1v) is 4.58. The van der Waals surface area contributed by atoms with Crippen molar-refractivity contribution in [2.24, 2.45) is 0 Å². The van der Waals surface area contributed by atoms with Gasteiger partial charge in [-0.2, -0.15) is 0 Å². The Morgan fingerprint density at radius 3 is 2.64 bits per heavy atom. The number of fused-ring (bicyclic) bond motifs is 1. The molecule has 2 heterocycles. The first-order chi connectivity index (χ1) is 6.50. The number of hydrogen-bond acceptors (Lipinski definition) is 3. The maximum absolute atomic E-state index is 5.80. The fourth-order valence-electron chi connectivity index (χ4n) is 1.43. The van der Waals surface area contributed by atoms with Crippen molar-refractivity contribution in [2.45, 2.75) is 26.3 Å². The fourth-order valence-corrected chi connectivity index (χ4v) is 1.43. The maximum atomic E-state index is 5.80. The molecule has 4 nitrogen and oxygen atoms in total. The Hall–Kier alpha value is -1.58. The van der Waals surface area contributed by atoms with Crippen molar-refractivity contribution in [3.8, 4) is 0 Å². The normalized spacial score (nSPS) is 12.2. The van der Waals surface area contributed by atoms with E-state index in [0.717, 1.165) is 11.2 Å². The summed E-state index contributed by atoms with van der Waals surface area (Å²) in [4.78, 5) is 8.55. The average molecular weight is 190 g/mol. The predicted octanol–water partition coefficient (Wildman–Crippen LogP) is 1.77. The summed E-state index contributed by atoms with van der Waals surface area (Å²) in [5.74, 6) is 0. The molecule has 2 aromatic rings. The van der Waals surface area contributed by atoms with Crippen LogP contribution in [0.5, 0.6) is 0 Å². The summed E-state index contributed by atoms with van der Waals surface area (Å²) in [6, 6.07) is 1.77. The first kappa shape index (κ1) is 8.99. The predicted molar refractivity (Wildman–Crippen MR) is 56.9 cm³/mol. The number of nitrogen functional groups attached to an aromatic ring is 1. The zero-order valence-corrected chi connectivity index (χ0v) is 8.65. The van der Waals surface area contributed by atoms with Crippen LogP contribution in [-0.4, -0.2) is 14.5 Å². The molecular formula is C10H14N4. The van der Waals surface area contributed by atoms with Gasteiger partial charge < -0.3 is 10.3 Å². The highest BCUT2D eigenvalue weighted by Gasteiger charge is 2.17. The van der Waals surface area contributed by atoms with E-state index in [1.165, 1.54) is 0 Å². The molecule has 74 valence electrons. The van der Waals surface area contributed by atoms with Gasteiger partial charge in [-0.1, -0.05) is 0 Å². The number of aromatic nitrogens is 3. The van der Waals surface area contributed by atoms with Gasteiger partial charge >= 0.3 is 0 Å². The van der Waals surface area contributed by atoms with Gasteiger partial charge in [0.15, 0.2) is 5.65 Å². The van der Waals surface area contributed by atoms with E-state index in [9.17, 15) is 0 Å². The van der Waals surface area contributed by atoms with Gasteiger partial charge in [-0.05, 0) is 26.8 Å². The highest BCUT2D eigenvalue weighted by molar-refractivity contribution is 5.83. The lowest BCUT2D eigenvalue weighted by atomic mass is 10.1. The number of rotatable bonds is 0.